The van der Waals surface area contributed by atoms with Crippen molar-refractivity contribution < 1.29 is 38.8 Å². The summed E-state index contributed by atoms with van der Waals surface area (Å²) in [5.74, 6) is -4.16. The van der Waals surface area contributed by atoms with Crippen molar-refractivity contribution in [2.75, 3.05) is 35.6 Å². The van der Waals surface area contributed by atoms with Gasteiger partial charge >= 0.3 is 11.9 Å². The molecule has 4 rings (SSSR count). The van der Waals surface area contributed by atoms with Gasteiger partial charge in [-0.15, -0.1) is 11.8 Å². The zero-order valence-electron chi connectivity index (χ0n) is 23.2. The number of thiazole rings is 1. The molecule has 9 N–H and O–H groups in total. The number of nitrogens with one attached hydrogen (secondary N) is 1. The second-order valence-corrected chi connectivity index (χ2v) is 12.2. The second-order valence-electron chi connectivity index (χ2n) is 9.51. The molecule has 4 heterocycles. The van der Waals surface area contributed by atoms with E-state index in [1.54, 1.807) is 22.9 Å². The Balaban J connectivity index is 1.50. The first kappa shape index (κ1) is 32.6. The fraction of sp³-hybridized carbons (Fsp3) is 0.360. The number of oxime groups is 1. The summed E-state index contributed by atoms with van der Waals surface area (Å²) in [6, 6.07) is 0. The molecule has 0 radical (unpaired) electrons. The van der Waals surface area contributed by atoms with E-state index in [1.165, 1.54) is 25.0 Å². The number of carboxylic acid groups (broad SMARTS) is 2. The molecule has 16 nitrogen and oxygen atoms in total. The number of amides is 1. The summed E-state index contributed by atoms with van der Waals surface area (Å²) in [7, 11) is 0. The minimum atomic E-state index is -1.39. The largest absolute Gasteiger partial charge is 0.478 e. The molecule has 2 aromatic heterocycles. The monoisotopic (exact) mass is 666 g/mol. The number of hydrogen-bond donors (Lipinski definition) is 6. The van der Waals surface area contributed by atoms with Crippen LogP contribution in [0.3, 0.4) is 0 Å². The molecule has 2 aliphatic rings. The molecule has 0 saturated carbocycles. The van der Waals surface area contributed by atoms with Crippen LogP contribution in [-0.2, 0) is 30.6 Å². The van der Waals surface area contributed by atoms with Gasteiger partial charge in [0.2, 0.25) is 12.0 Å². The Morgan fingerprint density at radius 3 is 2.75 bits per heavy atom. The van der Waals surface area contributed by atoms with E-state index in [1.807, 2.05) is 0 Å². The maximum absolute atomic E-state index is 13.3. The van der Waals surface area contributed by atoms with E-state index in [9.17, 15) is 24.3 Å². The van der Waals surface area contributed by atoms with Gasteiger partial charge in [-0.3, -0.25) is 14.5 Å². The van der Waals surface area contributed by atoms with Gasteiger partial charge in [-0.05, 0) is 23.6 Å². The van der Waals surface area contributed by atoms with E-state index in [0.29, 0.717) is 36.7 Å². The van der Waals surface area contributed by atoms with Crippen molar-refractivity contribution in [3.63, 3.8) is 0 Å². The average molecular weight is 667 g/mol. The highest BCUT2D eigenvalue weighted by molar-refractivity contribution is 8.00. The lowest BCUT2D eigenvalue weighted by atomic mass is 9.89. The lowest BCUT2D eigenvalue weighted by Crippen LogP contribution is -2.62. The number of ketones is 1. The van der Waals surface area contributed by atoms with Gasteiger partial charge in [0.15, 0.2) is 16.6 Å². The van der Waals surface area contributed by atoms with Crippen LogP contribution in [0.2, 0.25) is 4.34 Å². The van der Waals surface area contributed by atoms with Gasteiger partial charge in [0.05, 0.1) is 11.3 Å². The second kappa shape index (κ2) is 14.0. The topological polar surface area (TPSA) is 253 Å². The summed E-state index contributed by atoms with van der Waals surface area (Å²) < 4.78 is 1.77. The molecule has 0 spiro atoms. The molecule has 0 bridgehead atoms. The van der Waals surface area contributed by atoms with Gasteiger partial charge in [-0.25, -0.2) is 19.1 Å². The van der Waals surface area contributed by atoms with Crippen LogP contribution < -0.4 is 27.1 Å². The summed E-state index contributed by atoms with van der Waals surface area (Å²) in [6.07, 6.45) is 4.89. The van der Waals surface area contributed by atoms with Gasteiger partial charge in [-0.2, -0.15) is 0 Å². The minimum absolute atomic E-state index is 0.0262. The number of allylic oxidation sites excluding steroid dienone is 2. The number of carbonyl (C=O) groups is 4. The van der Waals surface area contributed by atoms with E-state index < -0.39 is 46.7 Å². The van der Waals surface area contributed by atoms with Crippen molar-refractivity contribution in [3.05, 3.63) is 46.0 Å². The number of nitrogen functional groups attached to an aromatic ring is 2. The molecule has 0 aliphatic carbocycles. The molecule has 1 amide bonds. The first-order chi connectivity index (χ1) is 20.9. The number of carboxylic acids is 2. The van der Waals surface area contributed by atoms with Crippen LogP contribution in [0.5, 0.6) is 0 Å². The normalized spacial score (nSPS) is 19.0. The Bertz CT molecular complexity index is 1580. The van der Waals surface area contributed by atoms with E-state index in [2.05, 4.69) is 20.4 Å². The highest BCUT2D eigenvalue weighted by atomic mass is 35.5. The Hall–Kier alpha value is -4.26. The third-order valence-electron chi connectivity index (χ3n) is 6.47. The van der Waals surface area contributed by atoms with Crippen LogP contribution in [0.4, 0.5) is 16.6 Å². The summed E-state index contributed by atoms with van der Waals surface area (Å²) in [5, 5.41) is 25.3. The highest BCUT2D eigenvalue weighted by Crippen LogP contribution is 2.45. The first-order valence-corrected chi connectivity index (χ1v) is 15.2. The highest BCUT2D eigenvalue weighted by Gasteiger charge is 2.54. The van der Waals surface area contributed by atoms with E-state index >= 15 is 0 Å². The zero-order chi connectivity index (χ0) is 32.1. The summed E-state index contributed by atoms with van der Waals surface area (Å²) in [5.41, 5.74) is 17.5. The Morgan fingerprint density at radius 2 is 2.11 bits per heavy atom. The Morgan fingerprint density at radius 1 is 1.36 bits per heavy atom. The van der Waals surface area contributed by atoms with Gasteiger partial charge < -0.3 is 37.6 Å². The van der Waals surface area contributed by atoms with E-state index in [4.69, 9.17) is 38.7 Å². The van der Waals surface area contributed by atoms with Gasteiger partial charge in [0, 0.05) is 25.3 Å². The summed E-state index contributed by atoms with van der Waals surface area (Å²) >= 11 is 8.35. The standard InChI is InChI=1S/C25H28ClN9O7S2/c1-11(23(38)39)42-33-16(17-19(26)44-25(29)32-17)15(36)7-13-21(37)35-18(24(40)41)12(9-43-22(13)35)3-2-6-34-8-14(30-5-4-27)20(28)31-10-34/h2-3,8,10-11,13,22,28,30H,4-7,9,27H2,1H3,(H4,29,32,38,39,40,41)/p+1/b3-2+,33-16+/t11-,13+,22?/m0/s1. The van der Waals surface area contributed by atoms with Crippen molar-refractivity contribution in [1.29, 1.82) is 0 Å². The van der Waals surface area contributed by atoms with E-state index in [0.717, 1.165) is 16.2 Å². The van der Waals surface area contributed by atoms with Gasteiger partial charge in [0.1, 0.15) is 34.2 Å². The lowest BCUT2D eigenvalue weighted by molar-refractivity contribution is -0.689. The number of anilines is 3. The summed E-state index contributed by atoms with van der Waals surface area (Å²) in [6.45, 7) is 2.47. The SMILES string of the molecule is C[C@H](O/N=C(\C(=O)C[C@@H]1C(=O)N2C(C(=O)O)=C(/C=C/C[n+]3cnc(N)c(NCCN)c3)CSC12)c1nc(N)sc1Cl)C(=O)O. The predicted octanol–water partition coefficient (Wildman–Crippen LogP) is 0.293. The maximum Gasteiger partial charge on any atom is 0.352 e. The predicted molar refractivity (Wildman–Crippen MR) is 163 cm³/mol. The number of aliphatic carboxylic acids is 2. The smallest absolute Gasteiger partial charge is 0.352 e. The quantitative estimate of drug-likeness (QED) is 0.0686. The number of aromatic nitrogens is 3. The van der Waals surface area contributed by atoms with Crippen molar-refractivity contribution in [2.45, 2.75) is 31.4 Å². The fourth-order valence-corrected chi connectivity index (χ4v) is 6.61. The Labute approximate surface area is 263 Å². The fourth-order valence-electron chi connectivity index (χ4n) is 4.30. The lowest BCUT2D eigenvalue weighted by Gasteiger charge is -2.49. The maximum atomic E-state index is 13.3. The van der Waals surface area contributed by atoms with Crippen LogP contribution >= 0.6 is 34.7 Å². The number of hydrogen-bond acceptors (Lipinski definition) is 14. The van der Waals surface area contributed by atoms with Crippen LogP contribution in [-0.4, -0.2) is 84.7 Å². The molecule has 1 fully saturated rings. The average Bonchev–Trinajstić information content (AvgIpc) is 3.32. The van der Waals surface area contributed by atoms with Gasteiger partial charge in [0.25, 0.3) is 12.1 Å². The van der Waals surface area contributed by atoms with Crippen LogP contribution in [0, 0.1) is 5.92 Å². The number of carbonyl (C=O) groups excluding carboxylic acids is 2. The van der Waals surface area contributed by atoms with Crippen molar-refractivity contribution in [1.82, 2.24) is 14.9 Å². The summed E-state index contributed by atoms with van der Waals surface area (Å²) in [4.78, 5) is 64.2. The number of nitrogens with two attached hydrogens (primary N) is 3. The molecule has 44 heavy (non-hydrogen) atoms. The first-order valence-electron chi connectivity index (χ1n) is 13.0. The zero-order valence-corrected chi connectivity index (χ0v) is 25.6. The molecular formula is C25H29ClN9O7S2+. The number of fused-ring (bicyclic) bond motifs is 1. The number of halogens is 1. The number of β-lactam (4-membered cyclic amide) rings is 1. The number of nitrogens with zero attached hydrogens (tertiary/aromatic N) is 5. The van der Waals surface area contributed by atoms with Gasteiger partial charge in [-0.1, -0.05) is 34.2 Å². The molecule has 1 unspecified atom stereocenters. The number of rotatable bonds is 14. The molecule has 3 atom stereocenters. The molecular weight excluding hydrogens is 638 g/mol. The molecule has 0 aromatic carbocycles. The van der Waals surface area contributed by atoms with Crippen LogP contribution in [0.1, 0.15) is 19.0 Å². The van der Waals surface area contributed by atoms with Crippen molar-refractivity contribution >= 4 is 80.7 Å². The third-order valence-corrected chi connectivity index (χ3v) is 8.91. The third kappa shape index (κ3) is 7.09. The number of thioether (sulfide) groups is 1. The van der Waals surface area contributed by atoms with Crippen molar-refractivity contribution in [3.8, 4) is 0 Å². The molecule has 2 aromatic rings. The Kier molecular flexibility index (Phi) is 10.4. The molecule has 2 aliphatic heterocycles. The molecule has 19 heteroatoms. The van der Waals surface area contributed by atoms with E-state index in [-0.39, 0.29) is 33.0 Å². The molecule has 234 valence electrons. The minimum Gasteiger partial charge on any atom is -0.478 e. The molecule has 1 saturated heterocycles. The number of Topliss-reactive ketones (excluding diaryl/α,β-unsaturated/α-hetero) is 1. The van der Waals surface area contributed by atoms with Crippen molar-refractivity contribution in [2.24, 2.45) is 16.8 Å². The van der Waals surface area contributed by atoms with Crippen LogP contribution in [0.25, 0.3) is 0 Å². The van der Waals surface area contributed by atoms with Crippen LogP contribution in [0.15, 0.2) is 41.1 Å².